The fourth-order valence-corrected chi connectivity index (χ4v) is 3.59. The molecule has 0 aliphatic heterocycles. The maximum absolute atomic E-state index is 12.5. The van der Waals surface area contributed by atoms with Crippen LogP contribution < -0.4 is 4.72 Å². The molecule has 0 saturated heterocycles. The van der Waals surface area contributed by atoms with Crippen LogP contribution in [0.3, 0.4) is 0 Å². The second-order valence-electron chi connectivity index (χ2n) is 5.99. The van der Waals surface area contributed by atoms with Gasteiger partial charge in [0, 0.05) is 16.1 Å². The molecule has 148 valence electrons. The summed E-state index contributed by atoms with van der Waals surface area (Å²) in [6, 6.07) is 9.69. The van der Waals surface area contributed by atoms with Crippen molar-refractivity contribution in [3.8, 4) is 24.7 Å². The molecular formula is C21H17ClN2O4S. The fraction of sp³-hybridized carbons (Fsp3) is 0.143. The molecule has 2 aromatic rings. The highest BCUT2D eigenvalue weighted by atomic mass is 35.5. The summed E-state index contributed by atoms with van der Waals surface area (Å²) in [5.41, 5.74) is 0.934. The maximum Gasteiger partial charge on any atom is 0.265 e. The van der Waals surface area contributed by atoms with Crippen LogP contribution in [0, 0.1) is 31.6 Å². The smallest absolute Gasteiger partial charge is 0.265 e. The molecule has 0 heterocycles. The van der Waals surface area contributed by atoms with E-state index in [-0.39, 0.29) is 29.1 Å². The van der Waals surface area contributed by atoms with Crippen molar-refractivity contribution in [1.82, 2.24) is 9.62 Å². The quantitative estimate of drug-likeness (QED) is 0.716. The molecule has 0 saturated carbocycles. The Morgan fingerprint density at radius 1 is 1.07 bits per heavy atom. The lowest BCUT2D eigenvalue weighted by Gasteiger charge is -2.17. The van der Waals surface area contributed by atoms with Crippen LogP contribution in [-0.2, 0) is 10.0 Å². The average molecular weight is 429 g/mol. The minimum atomic E-state index is -4.15. The normalized spacial score (nSPS) is 10.5. The van der Waals surface area contributed by atoms with Crippen molar-refractivity contribution in [1.29, 1.82) is 0 Å². The minimum Gasteiger partial charge on any atom is -0.316 e. The van der Waals surface area contributed by atoms with Crippen LogP contribution in [0.4, 0.5) is 0 Å². The van der Waals surface area contributed by atoms with Gasteiger partial charge in [0.15, 0.2) is 0 Å². The molecule has 0 radical (unpaired) electrons. The molecule has 0 spiro atoms. The molecular weight excluding hydrogens is 412 g/mol. The molecule has 29 heavy (non-hydrogen) atoms. The first-order valence-corrected chi connectivity index (χ1v) is 10.1. The second kappa shape index (κ2) is 9.29. The SMILES string of the molecule is C#CCN(CC#C)C(=O)c1ccc(S(=O)(=O)NC(=O)c2cc(Cl)ccc2C)cc1. The van der Waals surface area contributed by atoms with Gasteiger partial charge in [0.25, 0.3) is 21.8 Å². The van der Waals surface area contributed by atoms with E-state index in [1.807, 2.05) is 4.72 Å². The topological polar surface area (TPSA) is 83.6 Å². The van der Waals surface area contributed by atoms with Gasteiger partial charge in [0.2, 0.25) is 0 Å². The molecule has 0 aromatic heterocycles. The lowest BCUT2D eigenvalue weighted by atomic mass is 10.1. The largest absolute Gasteiger partial charge is 0.316 e. The van der Waals surface area contributed by atoms with E-state index in [1.54, 1.807) is 19.1 Å². The number of hydrogen-bond donors (Lipinski definition) is 1. The lowest BCUT2D eigenvalue weighted by Crippen LogP contribution is -2.32. The Bertz CT molecular complexity index is 1110. The third-order valence-corrected chi connectivity index (χ3v) is 5.52. The predicted octanol–water partition coefficient (Wildman–Crippen LogP) is 2.48. The van der Waals surface area contributed by atoms with Crippen LogP contribution in [0.25, 0.3) is 0 Å². The Morgan fingerprint density at radius 2 is 1.66 bits per heavy atom. The van der Waals surface area contributed by atoms with Crippen molar-refractivity contribution in [3.63, 3.8) is 0 Å². The van der Waals surface area contributed by atoms with Gasteiger partial charge in [0.1, 0.15) is 0 Å². The Balaban J connectivity index is 2.23. The number of nitrogens with one attached hydrogen (secondary N) is 1. The van der Waals surface area contributed by atoms with Gasteiger partial charge in [-0.2, -0.15) is 0 Å². The second-order valence-corrected chi connectivity index (χ2v) is 8.11. The summed E-state index contributed by atoms with van der Waals surface area (Å²) in [5, 5.41) is 0.310. The zero-order valence-corrected chi connectivity index (χ0v) is 17.0. The van der Waals surface area contributed by atoms with E-state index in [2.05, 4.69) is 11.8 Å². The van der Waals surface area contributed by atoms with Gasteiger partial charge in [-0.15, -0.1) is 12.8 Å². The summed E-state index contributed by atoms with van der Waals surface area (Å²) in [6.07, 6.45) is 10.5. The zero-order valence-electron chi connectivity index (χ0n) is 15.5. The Morgan fingerprint density at radius 3 is 2.21 bits per heavy atom. The number of benzene rings is 2. The van der Waals surface area contributed by atoms with Gasteiger partial charge < -0.3 is 4.90 Å². The van der Waals surface area contributed by atoms with Crippen molar-refractivity contribution >= 4 is 33.4 Å². The number of halogens is 1. The fourth-order valence-electron chi connectivity index (χ4n) is 2.45. The zero-order chi connectivity index (χ0) is 21.6. The van der Waals surface area contributed by atoms with Gasteiger partial charge >= 0.3 is 0 Å². The number of sulfonamides is 1. The van der Waals surface area contributed by atoms with Gasteiger partial charge in [-0.3, -0.25) is 9.59 Å². The Labute approximate surface area is 174 Å². The first kappa shape index (κ1) is 22.0. The number of carbonyl (C=O) groups is 2. The number of nitrogens with zero attached hydrogens (tertiary/aromatic N) is 1. The van der Waals surface area contributed by atoms with Crippen molar-refractivity contribution < 1.29 is 18.0 Å². The highest BCUT2D eigenvalue weighted by Crippen LogP contribution is 2.17. The van der Waals surface area contributed by atoms with E-state index in [9.17, 15) is 18.0 Å². The lowest BCUT2D eigenvalue weighted by molar-refractivity contribution is 0.0795. The molecule has 0 unspecified atom stereocenters. The van der Waals surface area contributed by atoms with Crippen LogP contribution in [-0.4, -0.2) is 38.2 Å². The molecule has 0 atom stereocenters. The van der Waals surface area contributed by atoms with E-state index in [0.29, 0.717) is 10.6 Å². The minimum absolute atomic E-state index is 0.0259. The van der Waals surface area contributed by atoms with E-state index in [4.69, 9.17) is 24.4 Å². The van der Waals surface area contributed by atoms with E-state index in [0.717, 1.165) is 0 Å². The molecule has 0 fully saturated rings. The third kappa shape index (κ3) is 5.39. The summed E-state index contributed by atoms with van der Waals surface area (Å²) >= 11 is 5.88. The number of amides is 2. The summed E-state index contributed by atoms with van der Waals surface area (Å²) in [4.78, 5) is 25.9. The number of terminal acetylenes is 2. The molecule has 2 rings (SSSR count). The molecule has 6 nitrogen and oxygen atoms in total. The van der Waals surface area contributed by atoms with Crippen molar-refractivity contribution in [2.75, 3.05) is 13.1 Å². The Kier molecular flexibility index (Phi) is 7.06. The Hall–Kier alpha value is -3.26. The van der Waals surface area contributed by atoms with Crippen LogP contribution in [0.2, 0.25) is 5.02 Å². The molecule has 0 aliphatic carbocycles. The van der Waals surface area contributed by atoms with Crippen LogP contribution in [0.15, 0.2) is 47.4 Å². The van der Waals surface area contributed by atoms with Crippen molar-refractivity contribution in [3.05, 3.63) is 64.2 Å². The van der Waals surface area contributed by atoms with Gasteiger partial charge in [-0.1, -0.05) is 29.5 Å². The number of carbonyl (C=O) groups excluding carboxylic acids is 2. The van der Waals surface area contributed by atoms with Crippen LogP contribution in [0.5, 0.6) is 0 Å². The summed E-state index contributed by atoms with van der Waals surface area (Å²) in [7, 11) is -4.15. The first-order valence-electron chi connectivity index (χ1n) is 8.29. The molecule has 2 aromatic carbocycles. The highest BCUT2D eigenvalue weighted by Gasteiger charge is 2.21. The molecule has 8 heteroatoms. The van der Waals surface area contributed by atoms with E-state index in [1.165, 1.54) is 35.2 Å². The van der Waals surface area contributed by atoms with E-state index < -0.39 is 21.8 Å². The number of aryl methyl sites for hydroxylation is 1. The van der Waals surface area contributed by atoms with Gasteiger partial charge in [-0.05, 0) is 48.9 Å². The monoisotopic (exact) mass is 428 g/mol. The molecule has 0 aliphatic rings. The third-order valence-electron chi connectivity index (χ3n) is 3.93. The molecule has 1 N–H and O–H groups in total. The molecule has 0 bridgehead atoms. The van der Waals surface area contributed by atoms with Gasteiger partial charge in [0.05, 0.1) is 18.0 Å². The summed E-state index contributed by atoms with van der Waals surface area (Å²) in [5.74, 6) is 3.45. The standard InChI is InChI=1S/C21H17ClN2O4S/c1-4-12-24(13-5-2)21(26)16-7-10-18(11-8-16)29(27,28)23-20(25)19-14-17(22)9-6-15(19)3/h1-2,6-11,14H,12-13H2,3H3,(H,23,25). The predicted molar refractivity (Wildman–Crippen MR) is 111 cm³/mol. The summed E-state index contributed by atoms with van der Waals surface area (Å²) in [6.45, 7) is 1.71. The number of rotatable bonds is 6. The highest BCUT2D eigenvalue weighted by molar-refractivity contribution is 7.90. The molecule has 2 amide bonds. The van der Waals surface area contributed by atoms with Crippen molar-refractivity contribution in [2.24, 2.45) is 0 Å². The number of hydrogen-bond acceptors (Lipinski definition) is 4. The van der Waals surface area contributed by atoms with E-state index >= 15 is 0 Å². The van der Waals surface area contributed by atoms with Crippen LogP contribution >= 0.6 is 11.6 Å². The maximum atomic E-state index is 12.5. The van der Waals surface area contributed by atoms with Crippen LogP contribution in [0.1, 0.15) is 26.3 Å². The summed E-state index contributed by atoms with van der Waals surface area (Å²) < 4.78 is 27.0. The van der Waals surface area contributed by atoms with Gasteiger partial charge in [-0.25, -0.2) is 13.1 Å². The first-order chi connectivity index (χ1) is 13.7. The van der Waals surface area contributed by atoms with Crippen molar-refractivity contribution in [2.45, 2.75) is 11.8 Å². The average Bonchev–Trinajstić information content (AvgIpc) is 2.69.